The van der Waals surface area contributed by atoms with Gasteiger partial charge in [0, 0.05) is 60.2 Å². The van der Waals surface area contributed by atoms with Crippen LogP contribution in [-0.2, 0) is 11.2 Å². The molecule has 1 amide bonds. The molecule has 4 fully saturated rings. The molecular formula is C34H41F3N8OS. The normalized spacial score (nSPS) is 30.4. The van der Waals surface area contributed by atoms with E-state index in [1.807, 2.05) is 6.92 Å². The minimum atomic E-state index is -4.29. The minimum Gasteiger partial charge on any atom is -0.368 e. The van der Waals surface area contributed by atoms with Crippen molar-refractivity contribution in [1.29, 1.82) is 5.26 Å². The second kappa shape index (κ2) is 11.2. The first-order chi connectivity index (χ1) is 22.2. The Hall–Kier alpha value is -3.63. The van der Waals surface area contributed by atoms with Crippen LogP contribution in [-0.4, -0.2) is 69.6 Å². The van der Waals surface area contributed by atoms with Crippen molar-refractivity contribution < 1.29 is 18.0 Å². The van der Waals surface area contributed by atoms with E-state index in [1.165, 1.54) is 17.3 Å². The number of rotatable bonds is 9. The summed E-state index contributed by atoms with van der Waals surface area (Å²) in [5, 5.41) is 17.4. The van der Waals surface area contributed by atoms with Crippen molar-refractivity contribution in [2.24, 2.45) is 16.7 Å². The summed E-state index contributed by atoms with van der Waals surface area (Å²) >= 11 is 1.00. The second-order valence-electron chi connectivity index (χ2n) is 14.6. The average molecular weight is 667 g/mol. The van der Waals surface area contributed by atoms with Gasteiger partial charge < -0.3 is 21.3 Å². The highest BCUT2D eigenvalue weighted by Crippen LogP contribution is 2.68. The number of hydrogen-bond donors (Lipinski definition) is 3. The summed E-state index contributed by atoms with van der Waals surface area (Å²) in [6.45, 7) is 9.77. The molecule has 2 atom stereocenters. The molecule has 3 saturated carbocycles. The molecule has 47 heavy (non-hydrogen) atoms. The van der Waals surface area contributed by atoms with E-state index in [-0.39, 0.29) is 45.1 Å². The van der Waals surface area contributed by atoms with Crippen LogP contribution in [0.4, 0.5) is 24.9 Å². The Kier molecular flexibility index (Phi) is 7.63. The predicted molar refractivity (Wildman–Crippen MR) is 176 cm³/mol. The molecule has 9 nitrogen and oxygen atoms in total. The summed E-state index contributed by atoms with van der Waals surface area (Å²) in [7, 11) is 0. The quantitative estimate of drug-likeness (QED) is 0.303. The average Bonchev–Trinajstić information content (AvgIpc) is 3.50. The molecule has 0 radical (unpaired) electrons. The minimum absolute atomic E-state index is 0.0324. The lowest BCUT2D eigenvalue weighted by atomic mass is 9.39. The highest BCUT2D eigenvalue weighted by Gasteiger charge is 2.69. The van der Waals surface area contributed by atoms with Gasteiger partial charge in [-0.15, -0.1) is 11.3 Å². The van der Waals surface area contributed by atoms with Gasteiger partial charge in [-0.05, 0) is 68.6 Å². The first kappa shape index (κ1) is 31.9. The van der Waals surface area contributed by atoms with Crippen molar-refractivity contribution in [2.75, 3.05) is 37.2 Å². The molecule has 6 aliphatic rings. The molecule has 1 saturated heterocycles. The Bertz CT molecular complexity index is 1730. The number of nitriles is 1. The predicted octanol–water partition coefficient (Wildman–Crippen LogP) is 5.89. The van der Waals surface area contributed by atoms with Crippen LogP contribution in [0.15, 0.2) is 41.3 Å². The topological polar surface area (TPSA) is 123 Å². The van der Waals surface area contributed by atoms with Crippen molar-refractivity contribution in [3.8, 4) is 6.07 Å². The summed E-state index contributed by atoms with van der Waals surface area (Å²) < 4.78 is 39.0. The maximum atomic E-state index is 13.0. The molecule has 8 rings (SSSR count). The van der Waals surface area contributed by atoms with Crippen LogP contribution in [0, 0.1) is 28.1 Å². The van der Waals surface area contributed by atoms with Crippen molar-refractivity contribution in [3.63, 3.8) is 0 Å². The largest absolute Gasteiger partial charge is 0.393 e. The van der Waals surface area contributed by atoms with Crippen molar-refractivity contribution >= 4 is 39.2 Å². The van der Waals surface area contributed by atoms with Crippen LogP contribution in [0.3, 0.4) is 0 Å². The monoisotopic (exact) mass is 666 g/mol. The van der Waals surface area contributed by atoms with Gasteiger partial charge in [0.2, 0.25) is 11.9 Å². The van der Waals surface area contributed by atoms with Crippen LogP contribution >= 0.6 is 11.3 Å². The lowest BCUT2D eigenvalue weighted by molar-refractivity contribution is -0.170. The number of anilines is 2. The Morgan fingerprint density at radius 2 is 1.94 bits per heavy atom. The Morgan fingerprint density at radius 1 is 1.21 bits per heavy atom. The number of nitrogens with zero attached hydrogens (tertiary/aromatic N) is 5. The second-order valence-corrected chi connectivity index (χ2v) is 15.7. The summed E-state index contributed by atoms with van der Waals surface area (Å²) in [6.07, 6.45) is 6.49. The first-order valence-corrected chi connectivity index (χ1v) is 17.3. The highest BCUT2D eigenvalue weighted by atomic mass is 32.1. The van der Waals surface area contributed by atoms with Crippen LogP contribution < -0.4 is 16.4 Å². The third-order valence-corrected chi connectivity index (χ3v) is 12.2. The van der Waals surface area contributed by atoms with Crippen LogP contribution in [0.5, 0.6) is 0 Å². The Balaban J connectivity index is 0.981. The van der Waals surface area contributed by atoms with Gasteiger partial charge in [-0.25, -0.2) is 4.98 Å². The number of piperidine rings is 1. The number of fused-ring (bicyclic) bond motifs is 2. The van der Waals surface area contributed by atoms with E-state index >= 15 is 0 Å². The number of likely N-dealkylation sites (tertiary alicyclic amines) is 1. The molecule has 2 unspecified atom stereocenters. The van der Waals surface area contributed by atoms with E-state index in [9.17, 15) is 23.2 Å². The zero-order valence-electron chi connectivity index (χ0n) is 27.0. The van der Waals surface area contributed by atoms with Crippen molar-refractivity contribution in [1.82, 2.24) is 25.1 Å². The fourth-order valence-corrected chi connectivity index (χ4v) is 9.79. The Labute approximate surface area is 276 Å². The zero-order chi connectivity index (χ0) is 33.4. The smallest absolute Gasteiger partial charge is 0.368 e. The van der Waals surface area contributed by atoms with Gasteiger partial charge >= 0.3 is 6.18 Å². The molecule has 2 aromatic rings. The molecule has 13 heteroatoms. The van der Waals surface area contributed by atoms with Crippen LogP contribution in [0.1, 0.15) is 64.2 Å². The number of nitrogens with two attached hydrogens (primary N) is 1. The summed E-state index contributed by atoms with van der Waals surface area (Å²) in [4.78, 5) is 25.8. The summed E-state index contributed by atoms with van der Waals surface area (Å²) in [6, 6.07) is 4.12. The van der Waals surface area contributed by atoms with Gasteiger partial charge in [0.25, 0.3) is 0 Å². The fourth-order valence-electron chi connectivity index (χ4n) is 8.73. The Morgan fingerprint density at radius 3 is 2.60 bits per heavy atom. The van der Waals surface area contributed by atoms with E-state index < -0.39 is 12.6 Å². The van der Waals surface area contributed by atoms with E-state index in [2.05, 4.69) is 68.5 Å². The standard InChI is InChI=1S/C34H41F3N8OS/c1-4-27(46)43-33-16-32(17-33,18-33)19-45-23(14-38)12-31(3)20(2)21(5-6-26(31)45)15-44-9-7-22(8-10-44)40-28-25-11-24(13-34(35,36)37)47-29(25)42-30(39)41-28/h5-6,11-12,20,22H,4,7-10,13,15-19H2,1-3H3,(H,43,46)(H3,39,40,41,42). The van der Waals surface area contributed by atoms with Gasteiger partial charge in [-0.2, -0.15) is 23.4 Å². The molecule has 2 aliphatic heterocycles. The molecular weight excluding hydrogens is 625 g/mol. The van der Waals surface area contributed by atoms with Crippen LogP contribution in [0.25, 0.3) is 10.2 Å². The number of hydrogen-bond acceptors (Lipinski definition) is 9. The molecule has 4 heterocycles. The number of carbonyl (C=O) groups is 1. The zero-order valence-corrected chi connectivity index (χ0v) is 27.8. The number of allylic oxidation sites excluding steroid dienone is 4. The molecule has 0 aromatic carbocycles. The SMILES string of the molecule is CCC(=O)NC12CC(CN3C(C#N)=CC4(C)C3=CC=C(CN3CCC(Nc5nc(N)nc6sc(CC(F)(F)F)cc56)CC3)C4C)(C1)C2. The third kappa shape index (κ3) is 5.77. The van der Waals surface area contributed by atoms with Gasteiger partial charge in [0.05, 0.1) is 11.8 Å². The number of thiophene rings is 1. The number of alkyl halides is 3. The highest BCUT2D eigenvalue weighted by molar-refractivity contribution is 7.18. The maximum absolute atomic E-state index is 13.0. The summed E-state index contributed by atoms with van der Waals surface area (Å²) in [5.74, 6) is 0.876. The van der Waals surface area contributed by atoms with Crippen molar-refractivity contribution in [2.45, 2.75) is 83.5 Å². The van der Waals surface area contributed by atoms with Gasteiger partial charge in [-0.3, -0.25) is 9.69 Å². The molecule has 2 aromatic heterocycles. The maximum Gasteiger partial charge on any atom is 0.393 e. The lowest BCUT2D eigenvalue weighted by Crippen LogP contribution is -2.76. The molecule has 2 bridgehead atoms. The molecule has 4 aliphatic carbocycles. The third-order valence-electron chi connectivity index (χ3n) is 11.1. The fraction of sp³-hybridized carbons (Fsp3) is 0.588. The number of carbonyl (C=O) groups excluding carboxylic acids is 1. The van der Waals surface area contributed by atoms with E-state index in [0.29, 0.717) is 22.5 Å². The number of nitrogen functional groups attached to an aromatic ring is 1. The van der Waals surface area contributed by atoms with Crippen molar-refractivity contribution in [3.05, 3.63) is 46.1 Å². The number of aromatic nitrogens is 2. The van der Waals surface area contributed by atoms with Gasteiger partial charge in [0.1, 0.15) is 22.4 Å². The molecule has 4 N–H and O–H groups in total. The number of halogens is 3. The van der Waals surface area contributed by atoms with Gasteiger partial charge in [-0.1, -0.05) is 25.5 Å². The van der Waals surface area contributed by atoms with Gasteiger partial charge in [0.15, 0.2) is 0 Å². The van der Waals surface area contributed by atoms with E-state index in [0.717, 1.165) is 75.3 Å². The summed E-state index contributed by atoms with van der Waals surface area (Å²) in [5.41, 5.74) is 9.02. The number of nitrogens with one attached hydrogen (secondary N) is 2. The molecule has 250 valence electrons. The van der Waals surface area contributed by atoms with E-state index in [1.54, 1.807) is 0 Å². The van der Waals surface area contributed by atoms with E-state index in [4.69, 9.17) is 5.73 Å². The number of amides is 1. The van der Waals surface area contributed by atoms with Crippen LogP contribution in [0.2, 0.25) is 0 Å². The molecule has 0 spiro atoms. The first-order valence-electron chi connectivity index (χ1n) is 16.5. The lowest BCUT2D eigenvalue weighted by Gasteiger charge is -2.71.